The molecular weight excluding hydrogens is 402 g/mol. The van der Waals surface area contributed by atoms with Gasteiger partial charge in [0.15, 0.2) is 11.4 Å². The summed E-state index contributed by atoms with van der Waals surface area (Å²) in [7, 11) is 1.88. The number of amides is 1. The number of aromatic nitrogens is 3. The highest BCUT2D eigenvalue weighted by Crippen LogP contribution is 2.32. The molecule has 0 fully saturated rings. The molecule has 1 aromatic heterocycles. The standard InChI is InChI=1S/C20H19F4N5O/c1-28(15-6-3-2-4-7-15)13-5-12-25-19(30)17-18(20(22,23)24)29(27-26-17)16-10-8-14(21)9-11-16/h2-4,6-11H,5,12-13H2,1H3,(H,25,30). The van der Waals surface area contributed by atoms with E-state index in [2.05, 4.69) is 15.6 Å². The summed E-state index contributed by atoms with van der Waals surface area (Å²) in [6, 6.07) is 13.8. The minimum atomic E-state index is -4.88. The highest BCUT2D eigenvalue weighted by molar-refractivity contribution is 5.93. The molecule has 0 radical (unpaired) electrons. The lowest BCUT2D eigenvalue weighted by Gasteiger charge is -2.19. The number of para-hydroxylation sites is 1. The lowest BCUT2D eigenvalue weighted by molar-refractivity contribution is -0.143. The summed E-state index contributed by atoms with van der Waals surface area (Å²) in [6.07, 6.45) is -4.36. The molecule has 0 atom stereocenters. The fourth-order valence-corrected chi connectivity index (χ4v) is 2.87. The summed E-state index contributed by atoms with van der Waals surface area (Å²) >= 11 is 0. The highest BCUT2D eigenvalue weighted by atomic mass is 19.4. The van der Waals surface area contributed by atoms with Gasteiger partial charge in [-0.2, -0.15) is 13.2 Å². The Morgan fingerprint density at radius 1 is 1.10 bits per heavy atom. The Morgan fingerprint density at radius 2 is 1.77 bits per heavy atom. The number of nitrogens with zero attached hydrogens (tertiary/aromatic N) is 4. The summed E-state index contributed by atoms with van der Waals surface area (Å²) in [6.45, 7) is 0.759. The first-order chi connectivity index (χ1) is 14.3. The molecule has 0 bridgehead atoms. The van der Waals surface area contributed by atoms with E-state index in [0.717, 1.165) is 30.0 Å². The molecule has 158 valence electrons. The molecule has 1 N–H and O–H groups in total. The molecule has 3 aromatic rings. The molecule has 2 aromatic carbocycles. The van der Waals surface area contributed by atoms with E-state index < -0.39 is 29.3 Å². The van der Waals surface area contributed by atoms with E-state index in [0.29, 0.717) is 17.6 Å². The SMILES string of the molecule is CN(CCCNC(=O)c1nnn(-c2ccc(F)cc2)c1C(F)(F)F)c1ccccc1. The van der Waals surface area contributed by atoms with Crippen LogP contribution in [0.1, 0.15) is 22.6 Å². The molecule has 1 heterocycles. The molecule has 0 aliphatic rings. The summed E-state index contributed by atoms with van der Waals surface area (Å²) in [4.78, 5) is 14.3. The second-order valence-electron chi connectivity index (χ2n) is 6.54. The van der Waals surface area contributed by atoms with Gasteiger partial charge < -0.3 is 10.2 Å². The number of hydrogen-bond acceptors (Lipinski definition) is 4. The van der Waals surface area contributed by atoms with Gasteiger partial charge in [0.05, 0.1) is 5.69 Å². The van der Waals surface area contributed by atoms with E-state index in [9.17, 15) is 22.4 Å². The minimum Gasteiger partial charge on any atom is -0.375 e. The zero-order valence-electron chi connectivity index (χ0n) is 16.0. The second-order valence-corrected chi connectivity index (χ2v) is 6.54. The van der Waals surface area contributed by atoms with Crippen molar-refractivity contribution in [2.75, 3.05) is 25.0 Å². The Kier molecular flexibility index (Phi) is 6.34. The number of nitrogens with one attached hydrogen (secondary N) is 1. The maximum atomic E-state index is 13.6. The van der Waals surface area contributed by atoms with Crippen molar-refractivity contribution in [3.05, 3.63) is 71.8 Å². The van der Waals surface area contributed by atoms with Crippen LogP contribution in [-0.2, 0) is 6.18 Å². The normalized spacial score (nSPS) is 11.4. The van der Waals surface area contributed by atoms with Gasteiger partial charge in [0.25, 0.3) is 5.91 Å². The lowest BCUT2D eigenvalue weighted by Crippen LogP contribution is -2.30. The Bertz CT molecular complexity index is 987. The summed E-state index contributed by atoms with van der Waals surface area (Å²) in [5, 5.41) is 9.33. The smallest absolute Gasteiger partial charge is 0.375 e. The molecule has 0 unspecified atom stereocenters. The summed E-state index contributed by atoms with van der Waals surface area (Å²) in [5.41, 5.74) is -1.21. The highest BCUT2D eigenvalue weighted by Gasteiger charge is 2.41. The Morgan fingerprint density at radius 3 is 2.40 bits per heavy atom. The van der Waals surface area contributed by atoms with Gasteiger partial charge in [-0.05, 0) is 42.8 Å². The van der Waals surface area contributed by atoms with Crippen molar-refractivity contribution in [2.45, 2.75) is 12.6 Å². The first-order valence-electron chi connectivity index (χ1n) is 9.10. The van der Waals surface area contributed by atoms with Crippen LogP contribution in [-0.4, -0.2) is 41.0 Å². The Balaban J connectivity index is 1.67. The van der Waals surface area contributed by atoms with Crippen molar-refractivity contribution in [1.82, 2.24) is 20.3 Å². The number of benzene rings is 2. The number of rotatable bonds is 7. The number of anilines is 1. The largest absolute Gasteiger partial charge is 0.435 e. The van der Waals surface area contributed by atoms with Crippen molar-refractivity contribution in [1.29, 1.82) is 0 Å². The van der Waals surface area contributed by atoms with Crippen molar-refractivity contribution in [3.8, 4) is 5.69 Å². The van der Waals surface area contributed by atoms with Crippen LogP contribution >= 0.6 is 0 Å². The number of hydrogen-bond donors (Lipinski definition) is 1. The van der Waals surface area contributed by atoms with Gasteiger partial charge >= 0.3 is 6.18 Å². The van der Waals surface area contributed by atoms with Gasteiger partial charge in [0.1, 0.15) is 5.82 Å². The molecule has 0 saturated heterocycles. The molecule has 1 amide bonds. The van der Waals surface area contributed by atoms with Crippen molar-refractivity contribution in [2.24, 2.45) is 0 Å². The van der Waals surface area contributed by atoms with Crippen LogP contribution in [0.3, 0.4) is 0 Å². The van der Waals surface area contributed by atoms with E-state index in [4.69, 9.17) is 0 Å². The van der Waals surface area contributed by atoms with Crippen LogP contribution in [0.4, 0.5) is 23.2 Å². The van der Waals surface area contributed by atoms with Gasteiger partial charge in [-0.25, -0.2) is 9.07 Å². The van der Waals surface area contributed by atoms with E-state index in [-0.39, 0.29) is 12.2 Å². The molecule has 3 rings (SSSR count). The molecule has 6 nitrogen and oxygen atoms in total. The van der Waals surface area contributed by atoms with Gasteiger partial charge in [0.2, 0.25) is 0 Å². The molecule has 0 saturated carbocycles. The minimum absolute atomic E-state index is 0.0558. The van der Waals surface area contributed by atoms with E-state index in [1.54, 1.807) is 0 Å². The first-order valence-corrected chi connectivity index (χ1v) is 9.10. The van der Waals surface area contributed by atoms with E-state index in [1.165, 1.54) is 0 Å². The van der Waals surface area contributed by atoms with Crippen LogP contribution in [0.15, 0.2) is 54.6 Å². The average Bonchev–Trinajstić information content (AvgIpc) is 3.18. The number of carbonyl (C=O) groups is 1. The fraction of sp³-hybridized carbons (Fsp3) is 0.250. The van der Waals surface area contributed by atoms with Crippen LogP contribution in [0.5, 0.6) is 0 Å². The molecule has 10 heteroatoms. The number of alkyl halides is 3. The van der Waals surface area contributed by atoms with Gasteiger partial charge in [-0.15, -0.1) is 5.10 Å². The molecule has 0 aliphatic carbocycles. The average molecular weight is 421 g/mol. The second kappa shape index (κ2) is 8.93. The predicted molar refractivity (Wildman–Crippen MR) is 103 cm³/mol. The van der Waals surface area contributed by atoms with Gasteiger partial charge in [-0.3, -0.25) is 4.79 Å². The number of halogens is 4. The van der Waals surface area contributed by atoms with Crippen LogP contribution in [0.25, 0.3) is 5.69 Å². The third-order valence-corrected chi connectivity index (χ3v) is 4.38. The monoisotopic (exact) mass is 421 g/mol. The maximum Gasteiger partial charge on any atom is 0.435 e. The molecule has 0 aliphatic heterocycles. The van der Waals surface area contributed by atoms with Gasteiger partial charge in [-0.1, -0.05) is 23.4 Å². The van der Waals surface area contributed by atoms with Crippen molar-refractivity contribution < 1.29 is 22.4 Å². The zero-order valence-corrected chi connectivity index (χ0v) is 16.0. The third-order valence-electron chi connectivity index (χ3n) is 4.38. The third kappa shape index (κ3) is 4.94. The topological polar surface area (TPSA) is 63.1 Å². The predicted octanol–water partition coefficient (Wildman–Crippen LogP) is 3.68. The summed E-state index contributed by atoms with van der Waals surface area (Å²) < 4.78 is 54.3. The van der Waals surface area contributed by atoms with Crippen LogP contribution < -0.4 is 10.2 Å². The zero-order chi connectivity index (χ0) is 21.7. The summed E-state index contributed by atoms with van der Waals surface area (Å²) in [5.74, 6) is -1.58. The molecule has 0 spiro atoms. The number of carbonyl (C=O) groups excluding carboxylic acids is 1. The van der Waals surface area contributed by atoms with Crippen molar-refractivity contribution >= 4 is 11.6 Å². The van der Waals surface area contributed by atoms with E-state index in [1.807, 2.05) is 42.3 Å². The van der Waals surface area contributed by atoms with Crippen molar-refractivity contribution in [3.63, 3.8) is 0 Å². The Hall–Kier alpha value is -3.43. The van der Waals surface area contributed by atoms with Crippen LogP contribution in [0, 0.1) is 5.82 Å². The maximum absolute atomic E-state index is 13.6. The molecular formula is C20H19F4N5O. The fourth-order valence-electron chi connectivity index (χ4n) is 2.87. The Labute approximate surface area is 170 Å². The van der Waals surface area contributed by atoms with E-state index >= 15 is 0 Å². The lowest BCUT2D eigenvalue weighted by atomic mass is 10.2. The quantitative estimate of drug-likeness (QED) is 0.467. The first kappa shape index (κ1) is 21.3. The van der Waals surface area contributed by atoms with Crippen LogP contribution in [0.2, 0.25) is 0 Å². The molecule has 30 heavy (non-hydrogen) atoms. The van der Waals surface area contributed by atoms with Gasteiger partial charge in [0, 0.05) is 25.8 Å².